The Morgan fingerprint density at radius 2 is 1.42 bits per heavy atom. The van der Waals surface area contributed by atoms with E-state index in [1.54, 1.807) is 0 Å². The second kappa shape index (κ2) is 6.36. The lowest BCUT2D eigenvalue weighted by Crippen LogP contribution is -1.98. The fourth-order valence-electron chi connectivity index (χ4n) is 2.96. The number of hydrogen-bond acceptors (Lipinski definition) is 1. The van der Waals surface area contributed by atoms with Crippen LogP contribution in [0.4, 0.5) is 10.1 Å². The second-order valence-electron chi connectivity index (χ2n) is 5.37. The summed E-state index contributed by atoms with van der Waals surface area (Å²) < 4.78 is 14.9. The first-order valence-corrected chi connectivity index (χ1v) is 7.43. The number of nitrogens with zero attached hydrogens (tertiary/aromatic N) is 2. The zero-order valence-electron chi connectivity index (χ0n) is 13.0. The van der Waals surface area contributed by atoms with Gasteiger partial charge < -0.3 is 0 Å². The molecule has 0 saturated carbocycles. The summed E-state index contributed by atoms with van der Waals surface area (Å²) in [6, 6.07) is 20.4. The van der Waals surface area contributed by atoms with Crippen LogP contribution < -0.4 is 0 Å². The van der Waals surface area contributed by atoms with Crippen molar-refractivity contribution in [1.82, 2.24) is 0 Å². The molecule has 3 heteroatoms. The largest absolute Gasteiger partial charge is 0.234 e. The highest BCUT2D eigenvalue weighted by Crippen LogP contribution is 2.43. The number of hydrogen-bond donors (Lipinski definition) is 0. The molecule has 0 aromatic heterocycles. The number of nitriles is 1. The van der Waals surface area contributed by atoms with Gasteiger partial charge in [-0.05, 0) is 29.2 Å². The van der Waals surface area contributed by atoms with E-state index >= 15 is 0 Å². The maximum atomic E-state index is 14.9. The van der Waals surface area contributed by atoms with Crippen LogP contribution >= 0.6 is 0 Å². The summed E-state index contributed by atoms with van der Waals surface area (Å²) >= 11 is 0. The van der Waals surface area contributed by atoms with Crippen LogP contribution in [-0.2, 0) is 0 Å². The molecule has 114 valence electrons. The van der Waals surface area contributed by atoms with Crippen molar-refractivity contribution in [2.24, 2.45) is 0 Å². The van der Waals surface area contributed by atoms with Crippen molar-refractivity contribution in [3.8, 4) is 28.3 Å². The van der Waals surface area contributed by atoms with Crippen molar-refractivity contribution in [3.63, 3.8) is 0 Å². The van der Waals surface area contributed by atoms with Gasteiger partial charge in [0.25, 0.3) is 0 Å². The monoisotopic (exact) mass is 312 g/mol. The highest BCUT2D eigenvalue weighted by Gasteiger charge is 2.23. The molecular weight excluding hydrogens is 299 g/mol. The van der Waals surface area contributed by atoms with E-state index in [4.69, 9.17) is 6.57 Å². The minimum Gasteiger partial charge on any atom is -0.234 e. The predicted octanol–water partition coefficient (Wildman–Crippen LogP) is 5.89. The summed E-state index contributed by atoms with van der Waals surface area (Å²) in [6.07, 6.45) is 0. The first kappa shape index (κ1) is 15.5. The highest BCUT2D eigenvalue weighted by molar-refractivity contribution is 5.91. The van der Waals surface area contributed by atoms with Gasteiger partial charge in [0.2, 0.25) is 5.69 Å². The van der Waals surface area contributed by atoms with Crippen LogP contribution in [0.25, 0.3) is 27.1 Å². The minimum absolute atomic E-state index is 0.0793. The van der Waals surface area contributed by atoms with Crippen LogP contribution in [0.1, 0.15) is 11.1 Å². The molecule has 0 aliphatic rings. The predicted molar refractivity (Wildman–Crippen MR) is 93.0 cm³/mol. The molecule has 24 heavy (non-hydrogen) atoms. The van der Waals surface area contributed by atoms with E-state index in [1.165, 1.54) is 0 Å². The average molecular weight is 312 g/mol. The molecule has 0 spiro atoms. The van der Waals surface area contributed by atoms with E-state index < -0.39 is 5.82 Å². The molecule has 0 aliphatic carbocycles. The Kier molecular flexibility index (Phi) is 4.10. The van der Waals surface area contributed by atoms with Gasteiger partial charge in [-0.25, -0.2) is 9.24 Å². The van der Waals surface area contributed by atoms with Crippen molar-refractivity contribution >= 4 is 5.69 Å². The Bertz CT molecular complexity index is 900. The molecule has 0 aliphatic heterocycles. The molecule has 3 rings (SSSR count). The molecule has 0 N–H and O–H groups in total. The van der Waals surface area contributed by atoms with Gasteiger partial charge in [-0.3, -0.25) is 0 Å². The van der Waals surface area contributed by atoms with Gasteiger partial charge >= 0.3 is 0 Å². The molecule has 0 heterocycles. The Morgan fingerprint density at radius 3 is 1.88 bits per heavy atom. The van der Waals surface area contributed by atoms with Crippen molar-refractivity contribution in [2.45, 2.75) is 6.92 Å². The molecule has 0 fully saturated rings. The molecule has 0 atom stereocenters. The van der Waals surface area contributed by atoms with Crippen molar-refractivity contribution in [1.29, 1.82) is 5.26 Å². The van der Waals surface area contributed by atoms with Crippen LogP contribution in [0.15, 0.2) is 60.7 Å². The Hall–Kier alpha value is -3.43. The van der Waals surface area contributed by atoms with Gasteiger partial charge in [0.05, 0.1) is 12.1 Å². The van der Waals surface area contributed by atoms with E-state index in [0.29, 0.717) is 11.1 Å². The number of halogens is 1. The quantitative estimate of drug-likeness (QED) is 0.542. The van der Waals surface area contributed by atoms with Gasteiger partial charge in [-0.2, -0.15) is 5.26 Å². The van der Waals surface area contributed by atoms with E-state index in [9.17, 15) is 9.65 Å². The minimum atomic E-state index is -0.754. The normalized spacial score (nSPS) is 10.0. The van der Waals surface area contributed by atoms with Crippen LogP contribution in [-0.4, -0.2) is 0 Å². The zero-order chi connectivity index (χ0) is 17.1. The Labute approximate surface area is 140 Å². The lowest BCUT2D eigenvalue weighted by molar-refractivity contribution is 0.630. The molecule has 0 saturated heterocycles. The van der Waals surface area contributed by atoms with Crippen LogP contribution in [0.2, 0.25) is 0 Å². The van der Waals surface area contributed by atoms with Crippen LogP contribution in [0, 0.1) is 30.6 Å². The van der Waals surface area contributed by atoms with Gasteiger partial charge in [0.15, 0.2) is 0 Å². The third-order valence-electron chi connectivity index (χ3n) is 4.01. The first-order valence-electron chi connectivity index (χ1n) is 7.43. The average Bonchev–Trinajstić information content (AvgIpc) is 2.64. The van der Waals surface area contributed by atoms with E-state index in [-0.39, 0.29) is 11.3 Å². The Morgan fingerprint density at radius 1 is 0.917 bits per heavy atom. The summed E-state index contributed by atoms with van der Waals surface area (Å²) in [6.45, 7) is 9.23. The standard InChI is InChI=1S/C21H13FN2/c1-14-18(15-9-5-3-6-10-15)17(13-23)20(22)21(24-2)19(14)16-11-7-4-8-12-16/h3-12H,1H3. The van der Waals surface area contributed by atoms with Crippen LogP contribution in [0.5, 0.6) is 0 Å². The maximum Gasteiger partial charge on any atom is 0.231 e. The highest BCUT2D eigenvalue weighted by atomic mass is 19.1. The molecule has 3 aromatic carbocycles. The third kappa shape index (κ3) is 2.43. The lowest BCUT2D eigenvalue weighted by atomic mass is 9.87. The molecule has 0 bridgehead atoms. The summed E-state index contributed by atoms with van der Waals surface area (Å²) in [4.78, 5) is 3.37. The fraction of sp³-hybridized carbons (Fsp3) is 0.0476. The van der Waals surface area contributed by atoms with Crippen molar-refractivity contribution in [2.75, 3.05) is 0 Å². The topological polar surface area (TPSA) is 28.1 Å². The number of benzene rings is 3. The molecule has 0 radical (unpaired) electrons. The SMILES string of the molecule is [C-]#[N+]c1c(F)c(C#N)c(-c2ccccc2)c(C)c1-c1ccccc1. The van der Waals surface area contributed by atoms with Gasteiger partial charge in [-0.1, -0.05) is 60.7 Å². The van der Waals surface area contributed by atoms with E-state index in [1.807, 2.05) is 73.7 Å². The zero-order valence-corrected chi connectivity index (χ0v) is 13.0. The molecule has 3 aromatic rings. The summed E-state index contributed by atoms with van der Waals surface area (Å²) in [7, 11) is 0. The summed E-state index contributed by atoms with van der Waals surface area (Å²) in [5.41, 5.74) is 3.17. The summed E-state index contributed by atoms with van der Waals surface area (Å²) in [5.74, 6) is -0.754. The fourth-order valence-corrected chi connectivity index (χ4v) is 2.96. The number of rotatable bonds is 2. The van der Waals surface area contributed by atoms with Gasteiger partial charge in [0, 0.05) is 5.56 Å². The summed E-state index contributed by atoms with van der Waals surface area (Å²) in [5, 5.41) is 9.47. The Balaban J connectivity index is 2.47. The maximum absolute atomic E-state index is 14.9. The van der Waals surface area contributed by atoms with E-state index in [2.05, 4.69) is 4.85 Å². The molecule has 0 unspecified atom stereocenters. The van der Waals surface area contributed by atoms with Crippen LogP contribution in [0.3, 0.4) is 0 Å². The molecular formula is C21H13FN2. The lowest BCUT2D eigenvalue weighted by Gasteiger charge is -2.17. The van der Waals surface area contributed by atoms with Gasteiger partial charge in [0.1, 0.15) is 11.9 Å². The van der Waals surface area contributed by atoms with E-state index in [0.717, 1.165) is 16.7 Å². The molecule has 0 amide bonds. The van der Waals surface area contributed by atoms with Crippen molar-refractivity contribution in [3.05, 3.63) is 89.0 Å². The second-order valence-corrected chi connectivity index (χ2v) is 5.37. The smallest absolute Gasteiger partial charge is 0.231 e. The third-order valence-corrected chi connectivity index (χ3v) is 4.01. The van der Waals surface area contributed by atoms with Crippen molar-refractivity contribution < 1.29 is 4.39 Å². The first-order chi connectivity index (χ1) is 11.7. The van der Waals surface area contributed by atoms with Gasteiger partial charge in [-0.15, -0.1) is 0 Å². The molecule has 2 nitrogen and oxygen atoms in total.